The summed E-state index contributed by atoms with van der Waals surface area (Å²) >= 11 is 0. The first-order chi connectivity index (χ1) is 14.8. The topological polar surface area (TPSA) is 137 Å². The van der Waals surface area contributed by atoms with Gasteiger partial charge in [-0.05, 0) is 42.5 Å². The van der Waals surface area contributed by atoms with E-state index in [4.69, 9.17) is 4.74 Å². The molecule has 0 radical (unpaired) electrons. The Hall–Kier alpha value is -4.05. The Labute approximate surface area is 178 Å². The van der Waals surface area contributed by atoms with Gasteiger partial charge in [0.25, 0.3) is 15.9 Å². The van der Waals surface area contributed by atoms with Crippen LogP contribution in [0.25, 0.3) is 0 Å². The number of rotatable bonds is 7. The number of nitrogens with zero attached hydrogens (tertiary/aromatic N) is 1. The first kappa shape index (κ1) is 21.7. The normalized spacial score (nSPS) is 11.3. The van der Waals surface area contributed by atoms with Crippen LogP contribution in [0.1, 0.15) is 15.9 Å². The molecular formula is C21H19N3O6S. The summed E-state index contributed by atoms with van der Waals surface area (Å²) in [4.78, 5) is 12.2. The fourth-order valence-corrected chi connectivity index (χ4v) is 3.73. The molecule has 3 rings (SSSR count). The number of carbonyl (C=O) groups is 1. The van der Waals surface area contributed by atoms with Crippen LogP contribution in [0.5, 0.6) is 17.2 Å². The lowest BCUT2D eigenvalue weighted by atomic mass is 10.2. The summed E-state index contributed by atoms with van der Waals surface area (Å²) < 4.78 is 33.0. The van der Waals surface area contributed by atoms with Gasteiger partial charge in [0.05, 0.1) is 23.9 Å². The van der Waals surface area contributed by atoms with E-state index in [9.17, 15) is 23.4 Å². The molecule has 0 unspecified atom stereocenters. The Bertz CT molecular complexity index is 1240. The molecule has 0 saturated heterocycles. The van der Waals surface area contributed by atoms with Crippen molar-refractivity contribution < 1.29 is 28.2 Å². The van der Waals surface area contributed by atoms with Crippen molar-refractivity contribution in [1.82, 2.24) is 5.43 Å². The predicted octanol–water partition coefficient (Wildman–Crippen LogP) is 2.67. The Morgan fingerprint density at radius 2 is 1.77 bits per heavy atom. The maximum Gasteiger partial charge on any atom is 0.271 e. The van der Waals surface area contributed by atoms with Crippen molar-refractivity contribution in [2.75, 3.05) is 11.8 Å². The molecular weight excluding hydrogens is 422 g/mol. The lowest BCUT2D eigenvalue weighted by Gasteiger charge is -2.12. The van der Waals surface area contributed by atoms with E-state index in [1.165, 1.54) is 49.6 Å². The first-order valence-electron chi connectivity index (χ1n) is 8.92. The van der Waals surface area contributed by atoms with Crippen molar-refractivity contribution in [3.8, 4) is 17.2 Å². The van der Waals surface area contributed by atoms with E-state index in [2.05, 4.69) is 15.2 Å². The molecule has 0 bridgehead atoms. The van der Waals surface area contributed by atoms with Gasteiger partial charge in [-0.3, -0.25) is 9.52 Å². The molecule has 0 aliphatic rings. The molecule has 0 heterocycles. The number of phenols is 2. The largest absolute Gasteiger partial charge is 0.504 e. The second kappa shape index (κ2) is 9.18. The number of para-hydroxylation sites is 3. The minimum atomic E-state index is -3.99. The molecule has 0 saturated carbocycles. The molecule has 0 atom stereocenters. The van der Waals surface area contributed by atoms with Crippen LogP contribution in [0.15, 0.2) is 76.7 Å². The molecule has 160 valence electrons. The Balaban J connectivity index is 1.76. The highest BCUT2D eigenvalue weighted by molar-refractivity contribution is 7.92. The molecule has 3 aromatic rings. The van der Waals surface area contributed by atoms with Crippen molar-refractivity contribution in [3.63, 3.8) is 0 Å². The average molecular weight is 441 g/mol. The minimum Gasteiger partial charge on any atom is -0.504 e. The van der Waals surface area contributed by atoms with E-state index in [0.717, 1.165) is 6.21 Å². The standard InChI is InChI=1S/C21H19N3O6S/c1-30-19-11-3-2-9-17(19)24-31(28,29)16-8-4-6-14(12-16)21(27)23-22-13-15-7-5-10-18(25)20(15)26/h2-13,24-26H,1H3,(H,23,27). The molecule has 0 aliphatic carbocycles. The van der Waals surface area contributed by atoms with E-state index >= 15 is 0 Å². The zero-order valence-corrected chi connectivity index (χ0v) is 17.1. The van der Waals surface area contributed by atoms with Crippen LogP contribution in [0, 0.1) is 0 Å². The lowest BCUT2D eigenvalue weighted by Crippen LogP contribution is -2.19. The Morgan fingerprint density at radius 3 is 2.55 bits per heavy atom. The monoisotopic (exact) mass is 441 g/mol. The first-order valence-corrected chi connectivity index (χ1v) is 10.4. The third kappa shape index (κ3) is 5.11. The van der Waals surface area contributed by atoms with Crippen molar-refractivity contribution in [2.45, 2.75) is 4.90 Å². The molecule has 0 aliphatic heterocycles. The van der Waals surface area contributed by atoms with Gasteiger partial charge in [-0.1, -0.05) is 24.3 Å². The number of anilines is 1. The van der Waals surface area contributed by atoms with E-state index in [1.54, 1.807) is 24.3 Å². The van der Waals surface area contributed by atoms with Gasteiger partial charge in [-0.2, -0.15) is 5.10 Å². The van der Waals surface area contributed by atoms with E-state index < -0.39 is 15.9 Å². The van der Waals surface area contributed by atoms with Gasteiger partial charge < -0.3 is 14.9 Å². The molecule has 0 spiro atoms. The maximum atomic E-state index is 12.7. The number of methoxy groups -OCH3 is 1. The number of hydrogen-bond donors (Lipinski definition) is 4. The number of hydrazone groups is 1. The van der Waals surface area contributed by atoms with Gasteiger partial charge >= 0.3 is 0 Å². The van der Waals surface area contributed by atoms with Crippen LogP contribution in [0.2, 0.25) is 0 Å². The molecule has 4 N–H and O–H groups in total. The predicted molar refractivity (Wildman–Crippen MR) is 115 cm³/mol. The van der Waals surface area contributed by atoms with Crippen LogP contribution < -0.4 is 14.9 Å². The van der Waals surface area contributed by atoms with E-state index in [-0.39, 0.29) is 33.2 Å². The fourth-order valence-electron chi connectivity index (χ4n) is 2.61. The van der Waals surface area contributed by atoms with Gasteiger partial charge in [0.2, 0.25) is 0 Å². The van der Waals surface area contributed by atoms with Crippen LogP contribution in [-0.2, 0) is 10.0 Å². The Kier molecular flexibility index (Phi) is 6.41. The second-order valence-corrected chi connectivity index (χ2v) is 7.93. The molecule has 0 aromatic heterocycles. The number of nitrogens with one attached hydrogen (secondary N) is 2. The molecule has 0 fully saturated rings. The summed E-state index contributed by atoms with van der Waals surface area (Å²) in [6.07, 6.45) is 1.15. The van der Waals surface area contributed by atoms with Crippen LogP contribution >= 0.6 is 0 Å². The van der Waals surface area contributed by atoms with Gasteiger partial charge in [-0.25, -0.2) is 13.8 Å². The summed E-state index contributed by atoms with van der Waals surface area (Å²) in [5, 5.41) is 22.9. The van der Waals surface area contributed by atoms with E-state index in [0.29, 0.717) is 5.75 Å². The molecule has 3 aromatic carbocycles. The van der Waals surface area contributed by atoms with Gasteiger partial charge in [0.1, 0.15) is 5.75 Å². The number of amides is 1. The van der Waals surface area contributed by atoms with Crippen LogP contribution in [0.4, 0.5) is 5.69 Å². The smallest absolute Gasteiger partial charge is 0.271 e. The summed E-state index contributed by atoms with van der Waals surface area (Å²) in [5.74, 6) is -1.01. The summed E-state index contributed by atoms with van der Waals surface area (Å²) in [5.41, 5.74) is 2.75. The van der Waals surface area contributed by atoms with Gasteiger partial charge in [0, 0.05) is 11.1 Å². The van der Waals surface area contributed by atoms with Gasteiger partial charge in [0.15, 0.2) is 11.5 Å². The summed E-state index contributed by atoms with van der Waals surface area (Å²) in [6, 6.07) is 16.2. The maximum absolute atomic E-state index is 12.7. The number of benzene rings is 3. The van der Waals surface area contributed by atoms with Crippen LogP contribution in [0.3, 0.4) is 0 Å². The summed E-state index contributed by atoms with van der Waals surface area (Å²) in [6.45, 7) is 0. The quantitative estimate of drug-likeness (QED) is 0.253. The molecule has 10 heteroatoms. The van der Waals surface area contributed by atoms with Crippen molar-refractivity contribution in [1.29, 1.82) is 0 Å². The number of ether oxygens (including phenoxy) is 1. The van der Waals surface area contributed by atoms with Crippen molar-refractivity contribution in [2.24, 2.45) is 5.10 Å². The third-order valence-electron chi connectivity index (χ3n) is 4.17. The number of carbonyl (C=O) groups excluding carboxylic acids is 1. The summed E-state index contributed by atoms with van der Waals surface area (Å²) in [7, 11) is -2.56. The number of sulfonamides is 1. The van der Waals surface area contributed by atoms with E-state index in [1.807, 2.05) is 0 Å². The van der Waals surface area contributed by atoms with Gasteiger partial charge in [-0.15, -0.1) is 0 Å². The zero-order valence-electron chi connectivity index (χ0n) is 16.3. The van der Waals surface area contributed by atoms with Crippen molar-refractivity contribution in [3.05, 3.63) is 77.9 Å². The second-order valence-electron chi connectivity index (χ2n) is 6.25. The SMILES string of the molecule is COc1ccccc1NS(=O)(=O)c1cccc(C(=O)NN=Cc2cccc(O)c2O)c1. The van der Waals surface area contributed by atoms with Crippen molar-refractivity contribution >= 4 is 27.8 Å². The van der Waals surface area contributed by atoms with Crippen LogP contribution in [-0.4, -0.2) is 37.9 Å². The highest BCUT2D eigenvalue weighted by Gasteiger charge is 2.18. The lowest BCUT2D eigenvalue weighted by molar-refractivity contribution is 0.0955. The highest BCUT2D eigenvalue weighted by atomic mass is 32.2. The molecule has 31 heavy (non-hydrogen) atoms. The Morgan fingerprint density at radius 1 is 1.03 bits per heavy atom. The molecule has 1 amide bonds. The zero-order chi connectivity index (χ0) is 22.4. The highest BCUT2D eigenvalue weighted by Crippen LogP contribution is 2.27. The third-order valence-corrected chi connectivity index (χ3v) is 5.54. The molecule has 9 nitrogen and oxygen atoms in total. The number of hydrogen-bond acceptors (Lipinski definition) is 7. The average Bonchev–Trinajstić information content (AvgIpc) is 2.77. The number of phenolic OH excluding ortho intramolecular Hbond substituents is 2. The fraction of sp³-hybridized carbons (Fsp3) is 0.0476. The minimum absolute atomic E-state index is 0.0557. The number of aromatic hydroxyl groups is 2.